The van der Waals surface area contributed by atoms with Gasteiger partial charge in [-0.2, -0.15) is 0 Å². The van der Waals surface area contributed by atoms with Gasteiger partial charge in [0.15, 0.2) is 0 Å². The van der Waals surface area contributed by atoms with Crippen LogP contribution >= 0.6 is 0 Å². The summed E-state index contributed by atoms with van der Waals surface area (Å²) in [5.74, 6) is -1.12. The maximum absolute atomic E-state index is 12.6. The van der Waals surface area contributed by atoms with Gasteiger partial charge >= 0.3 is 5.97 Å². The summed E-state index contributed by atoms with van der Waals surface area (Å²) >= 11 is 0. The summed E-state index contributed by atoms with van der Waals surface area (Å²) in [5, 5.41) is 16.1. The van der Waals surface area contributed by atoms with Crippen molar-refractivity contribution in [3.05, 3.63) is 65.2 Å². The summed E-state index contributed by atoms with van der Waals surface area (Å²) in [6, 6.07) is 13.6. The highest BCUT2D eigenvalue weighted by atomic mass is 16.5. The Morgan fingerprint density at radius 3 is 2.45 bits per heavy atom. The van der Waals surface area contributed by atoms with Gasteiger partial charge in [0.1, 0.15) is 11.8 Å². The Morgan fingerprint density at radius 2 is 1.79 bits per heavy atom. The van der Waals surface area contributed by atoms with E-state index in [1.165, 1.54) is 7.11 Å². The Bertz CT molecular complexity index is 793. The molecule has 6 nitrogen and oxygen atoms in total. The average molecular weight is 399 g/mol. The number of aryl methyl sites for hydroxylation is 1. The van der Waals surface area contributed by atoms with Crippen molar-refractivity contribution in [2.75, 3.05) is 20.7 Å². The van der Waals surface area contributed by atoms with Crippen molar-refractivity contribution < 1.29 is 19.4 Å². The first kappa shape index (κ1) is 22.4. The average Bonchev–Trinajstić information content (AvgIpc) is 2.73. The fourth-order valence-electron chi connectivity index (χ4n) is 3.15. The number of esters is 1. The molecule has 0 aromatic heterocycles. The first-order valence-electron chi connectivity index (χ1n) is 9.94. The molecule has 6 heteroatoms. The number of aromatic hydroxyl groups is 1. The second kappa shape index (κ2) is 11.9. The number of unbranched alkanes of at least 4 members (excludes halogenated alkanes) is 2. The monoisotopic (exact) mass is 398 g/mol. The van der Waals surface area contributed by atoms with Crippen LogP contribution in [0.3, 0.4) is 0 Å². The van der Waals surface area contributed by atoms with Gasteiger partial charge in [-0.15, -0.1) is 0 Å². The number of carbonyl (C=O) groups excluding carboxylic acids is 2. The van der Waals surface area contributed by atoms with Crippen LogP contribution in [0, 0.1) is 0 Å². The van der Waals surface area contributed by atoms with Crippen molar-refractivity contribution in [2.45, 2.75) is 38.1 Å². The zero-order chi connectivity index (χ0) is 21.1. The van der Waals surface area contributed by atoms with Gasteiger partial charge in [0, 0.05) is 6.42 Å². The molecule has 0 saturated carbocycles. The molecular weight excluding hydrogens is 368 g/mol. The Hall–Kier alpha value is -2.86. The third-order valence-corrected chi connectivity index (χ3v) is 4.77. The smallest absolute Gasteiger partial charge is 0.328 e. The first-order chi connectivity index (χ1) is 14.0. The summed E-state index contributed by atoms with van der Waals surface area (Å²) in [4.78, 5) is 24.8. The predicted molar refractivity (Wildman–Crippen MR) is 113 cm³/mol. The number of hydrogen-bond acceptors (Lipinski definition) is 5. The lowest BCUT2D eigenvalue weighted by Gasteiger charge is -2.17. The Kier molecular flexibility index (Phi) is 9.18. The Labute approximate surface area is 172 Å². The van der Waals surface area contributed by atoms with Crippen molar-refractivity contribution in [2.24, 2.45) is 0 Å². The fraction of sp³-hybridized carbons (Fsp3) is 0.391. The lowest BCUT2D eigenvalue weighted by Crippen LogP contribution is -2.43. The third kappa shape index (κ3) is 7.23. The van der Waals surface area contributed by atoms with E-state index in [1.807, 2.05) is 43.4 Å². The summed E-state index contributed by atoms with van der Waals surface area (Å²) in [7, 11) is 3.22. The number of methoxy groups -OCH3 is 1. The molecule has 2 aromatic rings. The van der Waals surface area contributed by atoms with Crippen molar-refractivity contribution >= 4 is 11.9 Å². The van der Waals surface area contributed by atoms with Crippen LogP contribution in [0.15, 0.2) is 48.5 Å². The SMILES string of the molecule is CNCCCCCc1ccc(C(=O)NC(Cc2ccccc2)C(=O)OC)c(O)c1. The van der Waals surface area contributed by atoms with E-state index in [0.717, 1.165) is 43.4 Å². The lowest BCUT2D eigenvalue weighted by atomic mass is 10.0. The molecule has 1 atom stereocenters. The van der Waals surface area contributed by atoms with Crippen LogP contribution in [0.1, 0.15) is 40.7 Å². The Balaban J connectivity index is 2.00. The number of phenols is 1. The van der Waals surface area contributed by atoms with E-state index in [0.29, 0.717) is 6.42 Å². The van der Waals surface area contributed by atoms with Gasteiger partial charge in [0.05, 0.1) is 12.7 Å². The van der Waals surface area contributed by atoms with Crippen LogP contribution in [-0.4, -0.2) is 43.7 Å². The molecule has 1 unspecified atom stereocenters. The van der Waals surface area contributed by atoms with Crippen LogP contribution in [0.2, 0.25) is 0 Å². The van der Waals surface area contributed by atoms with Crippen LogP contribution in [0.4, 0.5) is 0 Å². The van der Waals surface area contributed by atoms with E-state index >= 15 is 0 Å². The molecule has 0 spiro atoms. The summed E-state index contributed by atoms with van der Waals surface area (Å²) in [6.07, 6.45) is 4.39. The highest BCUT2D eigenvalue weighted by Gasteiger charge is 2.23. The standard InChI is InChI=1S/C23H30N2O4/c1-24-14-8-4-7-11-18-12-13-19(21(26)16-18)22(27)25-20(23(28)29-2)15-17-9-5-3-6-10-17/h3,5-6,9-10,12-13,16,20,24,26H,4,7-8,11,14-15H2,1-2H3,(H,25,27). The minimum Gasteiger partial charge on any atom is -0.507 e. The molecule has 0 aliphatic rings. The van der Waals surface area contributed by atoms with Crippen molar-refractivity contribution in [3.63, 3.8) is 0 Å². The second-order valence-electron chi connectivity index (χ2n) is 7.00. The number of rotatable bonds is 11. The van der Waals surface area contributed by atoms with Crippen molar-refractivity contribution in [1.82, 2.24) is 10.6 Å². The van der Waals surface area contributed by atoms with Crippen molar-refractivity contribution in [3.8, 4) is 5.75 Å². The number of benzene rings is 2. The van der Waals surface area contributed by atoms with E-state index in [-0.39, 0.29) is 11.3 Å². The van der Waals surface area contributed by atoms with E-state index in [4.69, 9.17) is 4.74 Å². The molecule has 2 rings (SSSR count). The zero-order valence-electron chi connectivity index (χ0n) is 17.1. The number of carbonyl (C=O) groups is 2. The maximum atomic E-state index is 12.6. The molecule has 0 aliphatic carbocycles. The molecule has 0 heterocycles. The number of amides is 1. The summed E-state index contributed by atoms with van der Waals surface area (Å²) in [5.41, 5.74) is 2.03. The topological polar surface area (TPSA) is 87.7 Å². The summed E-state index contributed by atoms with van der Waals surface area (Å²) < 4.78 is 4.82. The highest BCUT2D eigenvalue weighted by molar-refractivity contribution is 5.99. The van der Waals surface area contributed by atoms with Gasteiger partial charge in [0.25, 0.3) is 5.91 Å². The number of hydrogen-bond donors (Lipinski definition) is 3. The number of ether oxygens (including phenoxy) is 1. The quantitative estimate of drug-likeness (QED) is 0.400. The molecule has 1 amide bonds. The largest absolute Gasteiger partial charge is 0.507 e. The predicted octanol–water partition coefficient (Wildman–Crippen LogP) is 2.84. The van der Waals surface area contributed by atoms with E-state index in [9.17, 15) is 14.7 Å². The van der Waals surface area contributed by atoms with E-state index in [1.54, 1.807) is 12.1 Å². The molecular formula is C23H30N2O4. The van der Waals surface area contributed by atoms with Crippen LogP contribution < -0.4 is 10.6 Å². The van der Waals surface area contributed by atoms with E-state index in [2.05, 4.69) is 10.6 Å². The highest BCUT2D eigenvalue weighted by Crippen LogP contribution is 2.21. The minimum atomic E-state index is -0.832. The zero-order valence-corrected chi connectivity index (χ0v) is 17.1. The third-order valence-electron chi connectivity index (χ3n) is 4.77. The minimum absolute atomic E-state index is 0.0847. The molecule has 0 saturated heterocycles. The summed E-state index contributed by atoms with van der Waals surface area (Å²) in [6.45, 7) is 0.995. The van der Waals surface area contributed by atoms with Gasteiger partial charge in [-0.3, -0.25) is 4.79 Å². The molecule has 0 fully saturated rings. The first-order valence-corrected chi connectivity index (χ1v) is 9.94. The van der Waals surface area contributed by atoms with Crippen LogP contribution in [0.5, 0.6) is 5.75 Å². The number of phenolic OH excluding ortho intramolecular Hbond substituents is 1. The maximum Gasteiger partial charge on any atom is 0.328 e. The number of nitrogens with one attached hydrogen (secondary N) is 2. The molecule has 0 bridgehead atoms. The molecule has 29 heavy (non-hydrogen) atoms. The normalized spacial score (nSPS) is 11.7. The second-order valence-corrected chi connectivity index (χ2v) is 7.00. The van der Waals surface area contributed by atoms with Crippen LogP contribution in [-0.2, 0) is 22.4 Å². The fourth-order valence-corrected chi connectivity index (χ4v) is 3.15. The molecule has 2 aromatic carbocycles. The Morgan fingerprint density at radius 1 is 1.03 bits per heavy atom. The van der Waals surface area contributed by atoms with Gasteiger partial charge in [-0.05, 0) is 56.1 Å². The van der Waals surface area contributed by atoms with E-state index < -0.39 is 17.9 Å². The van der Waals surface area contributed by atoms with Gasteiger partial charge in [-0.1, -0.05) is 42.8 Å². The molecule has 0 radical (unpaired) electrons. The molecule has 3 N–H and O–H groups in total. The lowest BCUT2D eigenvalue weighted by molar-refractivity contribution is -0.142. The van der Waals surface area contributed by atoms with Gasteiger partial charge in [-0.25, -0.2) is 4.79 Å². The van der Waals surface area contributed by atoms with Gasteiger partial charge in [0.2, 0.25) is 0 Å². The van der Waals surface area contributed by atoms with Crippen molar-refractivity contribution in [1.29, 1.82) is 0 Å². The van der Waals surface area contributed by atoms with Crippen LogP contribution in [0.25, 0.3) is 0 Å². The molecule has 0 aliphatic heterocycles. The van der Waals surface area contributed by atoms with Gasteiger partial charge < -0.3 is 20.5 Å². The molecule has 156 valence electrons.